The molecule has 138 valence electrons. The molecule has 1 aliphatic heterocycles. The van der Waals surface area contributed by atoms with Crippen LogP contribution in [0.2, 0.25) is 0 Å². The van der Waals surface area contributed by atoms with E-state index in [1.165, 1.54) is 17.0 Å². The van der Waals surface area contributed by atoms with Gasteiger partial charge in [-0.05, 0) is 57.7 Å². The van der Waals surface area contributed by atoms with Gasteiger partial charge in [-0.3, -0.25) is 9.69 Å². The number of likely N-dealkylation sites (tertiary alicyclic amines) is 1. The van der Waals surface area contributed by atoms with Crippen LogP contribution in [0, 0.1) is 5.82 Å². The van der Waals surface area contributed by atoms with Crippen LogP contribution in [0.15, 0.2) is 24.3 Å². The van der Waals surface area contributed by atoms with E-state index in [1.54, 1.807) is 24.1 Å². The molecule has 1 heterocycles. The SMILES string of the molecule is CN(CCc1ccc(F)cc1)C(=O)C1CCCN1C(=O)OC(C)(C)C. The molecule has 0 aliphatic carbocycles. The summed E-state index contributed by atoms with van der Waals surface area (Å²) in [5.41, 5.74) is 0.387. The van der Waals surface area contributed by atoms with Crippen molar-refractivity contribution in [2.75, 3.05) is 20.1 Å². The van der Waals surface area contributed by atoms with Crippen molar-refractivity contribution in [1.82, 2.24) is 9.80 Å². The number of likely N-dealkylation sites (N-methyl/N-ethyl adjacent to an activating group) is 1. The third kappa shape index (κ3) is 5.44. The lowest BCUT2D eigenvalue weighted by molar-refractivity contribution is -0.134. The van der Waals surface area contributed by atoms with Crippen molar-refractivity contribution in [2.24, 2.45) is 0 Å². The molecule has 1 aromatic carbocycles. The summed E-state index contributed by atoms with van der Waals surface area (Å²) in [4.78, 5) is 28.2. The van der Waals surface area contributed by atoms with Gasteiger partial charge in [0.05, 0.1) is 0 Å². The summed E-state index contributed by atoms with van der Waals surface area (Å²) in [6.07, 6.45) is 1.65. The predicted molar refractivity (Wildman–Crippen MR) is 93.7 cm³/mol. The Bertz CT molecular complexity index is 610. The van der Waals surface area contributed by atoms with Crippen molar-refractivity contribution >= 4 is 12.0 Å². The van der Waals surface area contributed by atoms with Crippen LogP contribution in [0.3, 0.4) is 0 Å². The zero-order valence-electron chi connectivity index (χ0n) is 15.4. The minimum atomic E-state index is -0.582. The van der Waals surface area contributed by atoms with Crippen molar-refractivity contribution in [1.29, 1.82) is 0 Å². The third-order valence-electron chi connectivity index (χ3n) is 4.19. The van der Waals surface area contributed by atoms with Crippen LogP contribution in [-0.4, -0.2) is 53.6 Å². The molecule has 0 bridgehead atoms. The minimum Gasteiger partial charge on any atom is -0.444 e. The summed E-state index contributed by atoms with van der Waals surface area (Å²) in [7, 11) is 1.73. The summed E-state index contributed by atoms with van der Waals surface area (Å²) in [5.74, 6) is -0.349. The van der Waals surface area contributed by atoms with E-state index in [9.17, 15) is 14.0 Å². The molecule has 2 rings (SSSR count). The summed E-state index contributed by atoms with van der Waals surface area (Å²) < 4.78 is 18.3. The van der Waals surface area contributed by atoms with Gasteiger partial charge in [0.25, 0.3) is 0 Å². The number of hydrogen-bond donors (Lipinski definition) is 0. The van der Waals surface area contributed by atoms with Crippen LogP contribution < -0.4 is 0 Å². The van der Waals surface area contributed by atoms with Gasteiger partial charge < -0.3 is 9.64 Å². The quantitative estimate of drug-likeness (QED) is 0.838. The zero-order chi connectivity index (χ0) is 18.6. The van der Waals surface area contributed by atoms with E-state index in [0.29, 0.717) is 25.9 Å². The molecule has 0 radical (unpaired) electrons. The van der Waals surface area contributed by atoms with Gasteiger partial charge in [0, 0.05) is 20.1 Å². The molecule has 1 atom stereocenters. The van der Waals surface area contributed by atoms with E-state index in [2.05, 4.69) is 0 Å². The Balaban J connectivity index is 1.93. The van der Waals surface area contributed by atoms with Crippen LogP contribution in [0.1, 0.15) is 39.2 Å². The summed E-state index contributed by atoms with van der Waals surface area (Å²) >= 11 is 0. The van der Waals surface area contributed by atoms with Crippen molar-refractivity contribution in [3.63, 3.8) is 0 Å². The predicted octanol–water partition coefficient (Wildman–Crippen LogP) is 3.23. The van der Waals surface area contributed by atoms with Crippen molar-refractivity contribution in [3.8, 4) is 0 Å². The van der Waals surface area contributed by atoms with Crippen molar-refractivity contribution in [3.05, 3.63) is 35.6 Å². The standard InChI is InChI=1S/C19H27FN2O3/c1-19(2,3)25-18(24)22-12-5-6-16(22)17(23)21(4)13-11-14-7-9-15(20)10-8-14/h7-10,16H,5-6,11-13H2,1-4H3. The maximum atomic E-state index is 12.9. The highest BCUT2D eigenvalue weighted by atomic mass is 19.1. The molecule has 1 saturated heterocycles. The van der Waals surface area contributed by atoms with Gasteiger partial charge in [-0.2, -0.15) is 0 Å². The molecule has 0 spiro atoms. The normalized spacial score (nSPS) is 17.5. The Morgan fingerprint density at radius 1 is 1.28 bits per heavy atom. The van der Waals surface area contributed by atoms with Gasteiger partial charge >= 0.3 is 6.09 Å². The van der Waals surface area contributed by atoms with Gasteiger partial charge in [0.2, 0.25) is 5.91 Å². The molecular weight excluding hydrogens is 323 g/mol. The number of carbonyl (C=O) groups excluding carboxylic acids is 2. The first kappa shape index (κ1) is 19.2. The van der Waals surface area contributed by atoms with Crippen LogP contribution in [-0.2, 0) is 16.0 Å². The monoisotopic (exact) mass is 350 g/mol. The Kier molecular flexibility index (Phi) is 6.03. The Morgan fingerprint density at radius 3 is 2.52 bits per heavy atom. The molecule has 1 fully saturated rings. The third-order valence-corrected chi connectivity index (χ3v) is 4.19. The average Bonchev–Trinajstić information content (AvgIpc) is 3.01. The summed E-state index contributed by atoms with van der Waals surface area (Å²) in [5, 5.41) is 0. The first-order chi connectivity index (χ1) is 11.7. The van der Waals surface area contributed by atoms with Crippen LogP contribution in [0.5, 0.6) is 0 Å². The lowest BCUT2D eigenvalue weighted by atomic mass is 10.1. The number of amides is 2. The minimum absolute atomic E-state index is 0.0783. The van der Waals surface area contributed by atoms with Gasteiger partial charge in [0.1, 0.15) is 17.5 Å². The topological polar surface area (TPSA) is 49.9 Å². The molecule has 25 heavy (non-hydrogen) atoms. The second-order valence-corrected chi connectivity index (χ2v) is 7.47. The van der Waals surface area contributed by atoms with E-state index in [4.69, 9.17) is 4.74 Å². The molecule has 5 nitrogen and oxygen atoms in total. The number of nitrogens with zero attached hydrogens (tertiary/aromatic N) is 2. The van der Waals surface area contributed by atoms with E-state index in [-0.39, 0.29) is 11.7 Å². The fourth-order valence-electron chi connectivity index (χ4n) is 2.87. The van der Waals surface area contributed by atoms with E-state index >= 15 is 0 Å². The average molecular weight is 350 g/mol. The fourth-order valence-corrected chi connectivity index (χ4v) is 2.87. The number of benzene rings is 1. The van der Waals surface area contributed by atoms with Crippen molar-refractivity contribution in [2.45, 2.75) is 51.7 Å². The van der Waals surface area contributed by atoms with E-state index < -0.39 is 17.7 Å². The molecule has 0 saturated carbocycles. The summed E-state index contributed by atoms with van der Waals surface area (Å²) in [6, 6.07) is 5.80. The highest BCUT2D eigenvalue weighted by molar-refractivity contribution is 5.86. The smallest absolute Gasteiger partial charge is 0.410 e. The Hall–Kier alpha value is -2.11. The fraction of sp³-hybridized carbons (Fsp3) is 0.579. The number of hydrogen-bond acceptors (Lipinski definition) is 3. The number of ether oxygens (including phenoxy) is 1. The second-order valence-electron chi connectivity index (χ2n) is 7.47. The zero-order valence-corrected chi connectivity index (χ0v) is 15.4. The molecule has 1 aromatic rings. The van der Waals surface area contributed by atoms with E-state index in [1.807, 2.05) is 20.8 Å². The highest BCUT2D eigenvalue weighted by Crippen LogP contribution is 2.22. The number of halogens is 1. The second kappa shape index (κ2) is 7.85. The maximum Gasteiger partial charge on any atom is 0.410 e. The van der Waals surface area contributed by atoms with E-state index in [0.717, 1.165) is 12.0 Å². The largest absolute Gasteiger partial charge is 0.444 e. The van der Waals surface area contributed by atoms with Gasteiger partial charge in [-0.15, -0.1) is 0 Å². The van der Waals surface area contributed by atoms with Gasteiger partial charge in [0.15, 0.2) is 0 Å². The summed E-state index contributed by atoms with van der Waals surface area (Å²) in [6.45, 7) is 6.49. The molecule has 0 N–H and O–H groups in total. The first-order valence-corrected chi connectivity index (χ1v) is 8.66. The lowest BCUT2D eigenvalue weighted by Crippen LogP contribution is -2.48. The molecule has 1 aliphatic rings. The van der Waals surface area contributed by atoms with Crippen LogP contribution in [0.4, 0.5) is 9.18 Å². The molecular formula is C19H27FN2O3. The lowest BCUT2D eigenvalue weighted by Gasteiger charge is -2.30. The van der Waals surface area contributed by atoms with Gasteiger partial charge in [-0.25, -0.2) is 9.18 Å². The Labute approximate surface area is 148 Å². The molecule has 0 aromatic heterocycles. The highest BCUT2D eigenvalue weighted by Gasteiger charge is 2.37. The molecule has 1 unspecified atom stereocenters. The van der Waals surface area contributed by atoms with Crippen molar-refractivity contribution < 1.29 is 18.7 Å². The Morgan fingerprint density at radius 2 is 1.92 bits per heavy atom. The first-order valence-electron chi connectivity index (χ1n) is 8.66. The number of carbonyl (C=O) groups is 2. The van der Waals surface area contributed by atoms with Crippen LogP contribution in [0.25, 0.3) is 0 Å². The van der Waals surface area contributed by atoms with Crippen LogP contribution >= 0.6 is 0 Å². The molecule has 6 heteroatoms. The maximum absolute atomic E-state index is 12.9. The van der Waals surface area contributed by atoms with Gasteiger partial charge in [-0.1, -0.05) is 12.1 Å². The number of rotatable bonds is 4. The molecule has 2 amide bonds.